The van der Waals surface area contributed by atoms with Gasteiger partial charge < -0.3 is 35.2 Å². The van der Waals surface area contributed by atoms with Crippen molar-refractivity contribution in [2.24, 2.45) is 0 Å². The molecule has 0 aromatic heterocycles. The second-order valence-corrected chi connectivity index (χ2v) is 13.5. The number of hydrogen-bond acceptors (Lipinski definition) is 7. The van der Waals surface area contributed by atoms with Crippen LogP contribution in [-0.4, -0.2) is 59.3 Å². The van der Waals surface area contributed by atoms with Crippen LogP contribution in [-0.2, 0) is 32.9 Å². The number of ether oxygens (including phenoxy) is 2. The lowest BCUT2D eigenvalue weighted by Gasteiger charge is -2.31. The Balaban J connectivity index is 0.000000256. The van der Waals surface area contributed by atoms with E-state index in [0.717, 1.165) is 54.5 Å². The smallest absolute Gasteiger partial charge is 0.323 e. The number of nitrogens with one attached hydrogen (secondary N) is 1. The molecular weight excluding hydrogens is 725 g/mol. The quantitative estimate of drug-likeness (QED) is 0.0393. The molecule has 0 heterocycles. The van der Waals surface area contributed by atoms with E-state index in [2.05, 4.69) is 5.32 Å². The summed E-state index contributed by atoms with van der Waals surface area (Å²) in [7, 11) is 0. The van der Waals surface area contributed by atoms with Crippen LogP contribution in [0.4, 0.5) is 0 Å². The number of benzene rings is 5. The molecule has 5 aromatic rings. The summed E-state index contributed by atoms with van der Waals surface area (Å²) in [5, 5.41) is 43.6. The van der Waals surface area contributed by atoms with Crippen molar-refractivity contribution in [1.29, 1.82) is 0 Å². The average molecular weight is 775 g/mol. The number of carboxylic acids is 1. The van der Waals surface area contributed by atoms with Crippen molar-refractivity contribution in [1.82, 2.24) is 5.32 Å². The van der Waals surface area contributed by atoms with Gasteiger partial charge in [0.15, 0.2) is 0 Å². The number of phenols is 1. The molecule has 0 unspecified atom stereocenters. The molecule has 10 heteroatoms. The lowest BCUT2D eigenvalue weighted by atomic mass is 9.69. The minimum absolute atomic E-state index is 0.0370. The molecule has 0 aliphatic heterocycles. The van der Waals surface area contributed by atoms with Gasteiger partial charge in [0.2, 0.25) is 0 Å². The summed E-state index contributed by atoms with van der Waals surface area (Å²) in [6, 6.07) is 38.3. The minimum atomic E-state index is -1.20. The number of carboxylic acid groups (broad SMARTS) is 1. The number of carbonyl (C=O) groups is 1. The van der Waals surface area contributed by atoms with Crippen LogP contribution < -0.4 is 5.32 Å². The van der Waals surface area contributed by atoms with Crippen molar-refractivity contribution in [2.45, 2.75) is 50.4 Å². The van der Waals surface area contributed by atoms with E-state index in [1.54, 1.807) is 24.3 Å². The zero-order chi connectivity index (χ0) is 38.6. The molecule has 286 valence electrons. The lowest BCUT2D eigenvalue weighted by Crippen LogP contribution is -2.38. The number of rotatable bonds is 20. The number of aliphatic carboxylic acids is 1. The summed E-state index contributed by atoms with van der Waals surface area (Å²) in [6.45, 7) is 3.11. The Morgan fingerprint density at radius 3 is 1.76 bits per heavy atom. The summed E-state index contributed by atoms with van der Waals surface area (Å²) >= 11 is 12.2. The fourth-order valence-corrected chi connectivity index (χ4v) is 6.61. The van der Waals surface area contributed by atoms with Crippen molar-refractivity contribution in [3.63, 3.8) is 0 Å². The van der Waals surface area contributed by atoms with Crippen molar-refractivity contribution in [2.75, 3.05) is 32.9 Å². The van der Waals surface area contributed by atoms with Crippen molar-refractivity contribution in [3.8, 4) is 5.75 Å². The molecule has 1 atom stereocenters. The van der Waals surface area contributed by atoms with E-state index in [4.69, 9.17) is 32.7 Å². The molecule has 5 N–H and O–H groups in total. The zero-order valence-corrected chi connectivity index (χ0v) is 31.8. The molecule has 0 fully saturated rings. The standard InChI is InChI=1S/C24H33Cl2NO5.C20H16O2/c25-21-6-5-7-22(26)20(21)17-32-13-12-31-11-4-2-1-3-10-27-15-24(30)18-8-9-23(29)19(14-18)16-28;21-19(22)20(16-10-4-1-5-11-16,17-12-6-2-7-13-17)18-14-8-3-9-15-18/h5-9,14,24,27-30H,1-4,10-13,15-17H2;1-15H,(H,21,22)/t24-;/m1./s1. The first-order valence-electron chi connectivity index (χ1n) is 18.1. The minimum Gasteiger partial charge on any atom is -0.508 e. The number of aromatic hydroxyl groups is 1. The van der Waals surface area contributed by atoms with Gasteiger partial charge in [0.1, 0.15) is 11.2 Å². The third kappa shape index (κ3) is 12.1. The highest BCUT2D eigenvalue weighted by Gasteiger charge is 2.43. The van der Waals surface area contributed by atoms with E-state index in [1.165, 1.54) is 6.07 Å². The Morgan fingerprint density at radius 1 is 0.685 bits per heavy atom. The van der Waals surface area contributed by atoms with Gasteiger partial charge >= 0.3 is 5.97 Å². The van der Waals surface area contributed by atoms with E-state index >= 15 is 0 Å². The SMILES string of the molecule is O=C(O)C(c1ccccc1)(c1ccccc1)c1ccccc1.OCc1cc([C@H](O)CNCCCCCCOCCOCc2c(Cl)cccc2Cl)ccc1O. The van der Waals surface area contributed by atoms with Crippen LogP contribution in [0.15, 0.2) is 127 Å². The maximum absolute atomic E-state index is 12.4. The summed E-state index contributed by atoms with van der Waals surface area (Å²) in [6.07, 6.45) is 3.51. The van der Waals surface area contributed by atoms with E-state index in [1.807, 2.05) is 97.1 Å². The highest BCUT2D eigenvalue weighted by molar-refractivity contribution is 6.35. The topological polar surface area (TPSA) is 128 Å². The average Bonchev–Trinajstić information content (AvgIpc) is 3.19. The first kappa shape index (κ1) is 42.5. The Labute approximate surface area is 327 Å². The lowest BCUT2D eigenvalue weighted by molar-refractivity contribution is -0.140. The fraction of sp³-hybridized carbons (Fsp3) is 0.295. The van der Waals surface area contributed by atoms with Gasteiger partial charge in [-0.1, -0.05) is 139 Å². The summed E-state index contributed by atoms with van der Waals surface area (Å²) in [5.41, 5.74) is 2.94. The van der Waals surface area contributed by atoms with Gasteiger partial charge in [0.05, 0.1) is 32.5 Å². The van der Waals surface area contributed by atoms with Gasteiger partial charge in [0.25, 0.3) is 0 Å². The fourth-order valence-electron chi connectivity index (χ4n) is 6.10. The van der Waals surface area contributed by atoms with Crippen molar-refractivity contribution >= 4 is 29.2 Å². The van der Waals surface area contributed by atoms with E-state index in [9.17, 15) is 25.2 Å². The first-order chi connectivity index (χ1) is 26.3. The van der Waals surface area contributed by atoms with E-state index < -0.39 is 17.5 Å². The molecule has 0 aliphatic carbocycles. The summed E-state index contributed by atoms with van der Waals surface area (Å²) in [4.78, 5) is 12.4. The molecule has 8 nitrogen and oxygen atoms in total. The van der Waals surface area contributed by atoms with Crippen LogP contribution >= 0.6 is 23.2 Å². The van der Waals surface area contributed by atoms with Gasteiger partial charge in [-0.3, -0.25) is 4.79 Å². The van der Waals surface area contributed by atoms with Crippen LogP contribution in [0.1, 0.15) is 65.2 Å². The Morgan fingerprint density at radius 2 is 1.22 bits per heavy atom. The number of unbranched alkanes of at least 4 members (excludes halogenated alkanes) is 3. The van der Waals surface area contributed by atoms with Crippen molar-refractivity contribution < 1.29 is 34.7 Å². The summed E-state index contributed by atoms with van der Waals surface area (Å²) in [5.74, 6) is -0.842. The summed E-state index contributed by atoms with van der Waals surface area (Å²) < 4.78 is 11.2. The second kappa shape index (κ2) is 22.8. The highest BCUT2D eigenvalue weighted by Crippen LogP contribution is 2.39. The highest BCUT2D eigenvalue weighted by atomic mass is 35.5. The number of halogens is 2. The number of hydrogen-bond donors (Lipinski definition) is 5. The predicted octanol–water partition coefficient (Wildman–Crippen LogP) is 8.71. The van der Waals surface area contributed by atoms with Crippen LogP contribution in [0.25, 0.3) is 0 Å². The monoisotopic (exact) mass is 773 g/mol. The molecule has 5 rings (SSSR count). The van der Waals surface area contributed by atoms with Gasteiger partial charge in [-0.25, -0.2) is 0 Å². The van der Waals surface area contributed by atoms with Crippen LogP contribution in [0.2, 0.25) is 10.0 Å². The molecule has 5 aromatic carbocycles. The first-order valence-corrected chi connectivity index (χ1v) is 18.8. The van der Waals surface area contributed by atoms with E-state index in [0.29, 0.717) is 54.1 Å². The van der Waals surface area contributed by atoms with Crippen molar-refractivity contribution in [3.05, 3.63) is 171 Å². The Hall–Kier alpha value is -4.25. The maximum Gasteiger partial charge on any atom is 0.323 e. The Bertz CT molecular complexity index is 1710. The molecular formula is C44H49Cl2NO7. The third-order valence-electron chi connectivity index (χ3n) is 9.01. The van der Waals surface area contributed by atoms with Gasteiger partial charge in [-0.05, 0) is 65.9 Å². The molecule has 0 aliphatic rings. The predicted molar refractivity (Wildman–Crippen MR) is 214 cm³/mol. The molecule has 54 heavy (non-hydrogen) atoms. The van der Waals surface area contributed by atoms with E-state index in [-0.39, 0.29) is 12.4 Å². The van der Waals surface area contributed by atoms with Crippen LogP contribution in [0.3, 0.4) is 0 Å². The van der Waals surface area contributed by atoms with Crippen LogP contribution in [0, 0.1) is 0 Å². The maximum atomic E-state index is 12.4. The largest absolute Gasteiger partial charge is 0.508 e. The normalized spacial score (nSPS) is 11.8. The van der Waals surface area contributed by atoms with Gasteiger partial charge in [-0.15, -0.1) is 0 Å². The zero-order valence-electron chi connectivity index (χ0n) is 30.2. The molecule has 0 bridgehead atoms. The van der Waals surface area contributed by atoms with Gasteiger partial charge in [-0.2, -0.15) is 0 Å². The van der Waals surface area contributed by atoms with Crippen LogP contribution in [0.5, 0.6) is 5.75 Å². The molecule has 0 amide bonds. The molecule has 0 saturated heterocycles. The second-order valence-electron chi connectivity index (χ2n) is 12.7. The number of aliphatic hydroxyl groups is 2. The third-order valence-corrected chi connectivity index (χ3v) is 9.72. The number of aliphatic hydroxyl groups excluding tert-OH is 2. The molecule has 0 radical (unpaired) electrons. The molecule has 0 spiro atoms. The van der Waals surface area contributed by atoms with Gasteiger partial charge in [0, 0.05) is 34.3 Å². The molecule has 0 saturated carbocycles. The Kier molecular flexibility index (Phi) is 18.0.